The van der Waals surface area contributed by atoms with E-state index in [2.05, 4.69) is 45.0 Å². The van der Waals surface area contributed by atoms with E-state index in [9.17, 15) is 5.11 Å². The van der Waals surface area contributed by atoms with Crippen LogP contribution in [0, 0.1) is 30.1 Å². The molecule has 1 aromatic rings. The summed E-state index contributed by atoms with van der Waals surface area (Å²) < 4.78 is 0. The lowest BCUT2D eigenvalue weighted by Crippen LogP contribution is -2.60. The maximum Gasteiger partial charge on any atom is 0.0653 e. The molecule has 1 nitrogen and oxygen atoms in total. The highest BCUT2D eigenvalue weighted by molar-refractivity contribution is 5.31. The zero-order chi connectivity index (χ0) is 14.8. The predicted molar refractivity (Wildman–Crippen MR) is 86.2 cm³/mol. The Morgan fingerprint density at radius 2 is 1.57 bits per heavy atom. The van der Waals surface area contributed by atoms with Crippen molar-refractivity contribution in [2.45, 2.75) is 64.4 Å². The molecule has 4 fully saturated rings. The molecule has 1 heteroatoms. The Balaban J connectivity index is 1.82. The summed E-state index contributed by atoms with van der Waals surface area (Å²) in [4.78, 5) is 0. The SMILES string of the molecule is Cc1ccc(C2C3CC4CC(C3)CC2(C(C)(C)O)C4)cc1. The third-order valence-electron chi connectivity index (χ3n) is 6.97. The van der Waals surface area contributed by atoms with Gasteiger partial charge in [-0.1, -0.05) is 29.8 Å². The van der Waals surface area contributed by atoms with E-state index in [4.69, 9.17) is 0 Å². The van der Waals surface area contributed by atoms with Crippen LogP contribution < -0.4 is 0 Å². The normalized spacial score (nSPS) is 41.5. The smallest absolute Gasteiger partial charge is 0.0653 e. The Kier molecular flexibility index (Phi) is 2.86. The fraction of sp³-hybridized carbons (Fsp3) is 0.700. The van der Waals surface area contributed by atoms with E-state index < -0.39 is 5.60 Å². The number of rotatable bonds is 2. The highest BCUT2D eigenvalue weighted by atomic mass is 16.3. The molecule has 0 amide bonds. The minimum Gasteiger partial charge on any atom is -0.390 e. The molecule has 1 N–H and O–H groups in total. The fourth-order valence-electron chi connectivity index (χ4n) is 6.29. The first-order valence-electron chi connectivity index (χ1n) is 8.68. The van der Waals surface area contributed by atoms with Gasteiger partial charge >= 0.3 is 0 Å². The quantitative estimate of drug-likeness (QED) is 0.836. The average Bonchev–Trinajstić information content (AvgIpc) is 2.38. The van der Waals surface area contributed by atoms with Gasteiger partial charge in [0.25, 0.3) is 0 Å². The minimum absolute atomic E-state index is 0.108. The van der Waals surface area contributed by atoms with Crippen molar-refractivity contribution in [3.8, 4) is 0 Å². The van der Waals surface area contributed by atoms with Crippen molar-refractivity contribution in [2.24, 2.45) is 23.2 Å². The summed E-state index contributed by atoms with van der Waals surface area (Å²) in [7, 11) is 0. The average molecular weight is 284 g/mol. The number of hydrogen-bond donors (Lipinski definition) is 1. The van der Waals surface area contributed by atoms with E-state index in [1.165, 1.54) is 43.2 Å². The third-order valence-corrected chi connectivity index (χ3v) is 6.97. The second-order valence-corrected chi connectivity index (χ2v) is 8.71. The van der Waals surface area contributed by atoms with E-state index >= 15 is 0 Å². The van der Waals surface area contributed by atoms with Gasteiger partial charge in [-0.25, -0.2) is 0 Å². The lowest BCUT2D eigenvalue weighted by Gasteiger charge is -2.65. The van der Waals surface area contributed by atoms with Crippen LogP contribution in [0.15, 0.2) is 24.3 Å². The van der Waals surface area contributed by atoms with Crippen LogP contribution in [0.5, 0.6) is 0 Å². The lowest BCUT2D eigenvalue weighted by molar-refractivity contribution is -0.178. The highest BCUT2D eigenvalue weighted by Crippen LogP contribution is 2.69. The summed E-state index contributed by atoms with van der Waals surface area (Å²) in [5.74, 6) is 3.10. The molecule has 4 aliphatic carbocycles. The Morgan fingerprint density at radius 1 is 1.00 bits per heavy atom. The standard InChI is InChI=1S/C20H28O/c1-13-4-6-16(7-5-13)18-17-9-14-8-15(10-17)12-20(18,11-14)19(2,3)21/h4-7,14-15,17-18,21H,8-12H2,1-3H3. The Bertz CT molecular complexity index is 522. The molecule has 0 radical (unpaired) electrons. The van der Waals surface area contributed by atoms with E-state index in [0.29, 0.717) is 5.92 Å². The van der Waals surface area contributed by atoms with Gasteiger partial charge in [0, 0.05) is 5.41 Å². The molecule has 21 heavy (non-hydrogen) atoms. The first-order chi connectivity index (χ1) is 9.89. The zero-order valence-corrected chi connectivity index (χ0v) is 13.6. The van der Waals surface area contributed by atoms with Gasteiger partial charge in [-0.15, -0.1) is 0 Å². The summed E-state index contributed by atoms with van der Waals surface area (Å²) in [5.41, 5.74) is 2.35. The van der Waals surface area contributed by atoms with E-state index in [0.717, 1.165) is 17.8 Å². The van der Waals surface area contributed by atoms with Crippen LogP contribution in [0.1, 0.15) is 63.0 Å². The maximum absolute atomic E-state index is 11.1. The molecule has 3 atom stereocenters. The molecule has 4 saturated carbocycles. The van der Waals surface area contributed by atoms with Crippen LogP contribution in [-0.2, 0) is 0 Å². The summed E-state index contributed by atoms with van der Waals surface area (Å²) in [6, 6.07) is 9.16. The van der Waals surface area contributed by atoms with Gasteiger partial charge in [0.15, 0.2) is 0 Å². The van der Waals surface area contributed by atoms with Crippen molar-refractivity contribution in [1.29, 1.82) is 0 Å². The van der Waals surface area contributed by atoms with Gasteiger partial charge in [0.1, 0.15) is 0 Å². The van der Waals surface area contributed by atoms with Crippen molar-refractivity contribution in [2.75, 3.05) is 0 Å². The summed E-state index contributed by atoms with van der Waals surface area (Å²) in [5, 5.41) is 11.1. The molecule has 4 aliphatic rings. The Hall–Kier alpha value is -0.820. The van der Waals surface area contributed by atoms with Gasteiger partial charge in [-0.2, -0.15) is 0 Å². The molecule has 5 rings (SSSR count). The number of aliphatic hydroxyl groups is 1. The molecular weight excluding hydrogens is 256 g/mol. The monoisotopic (exact) mass is 284 g/mol. The first kappa shape index (κ1) is 13.8. The summed E-state index contributed by atoms with van der Waals surface area (Å²) in [6.45, 7) is 6.30. The van der Waals surface area contributed by atoms with Crippen LogP contribution in [0.4, 0.5) is 0 Å². The minimum atomic E-state index is -0.571. The van der Waals surface area contributed by atoms with Crippen molar-refractivity contribution in [3.63, 3.8) is 0 Å². The van der Waals surface area contributed by atoms with Crippen molar-refractivity contribution >= 4 is 0 Å². The molecule has 0 spiro atoms. The number of hydrogen-bond acceptors (Lipinski definition) is 1. The van der Waals surface area contributed by atoms with Crippen LogP contribution in [0.2, 0.25) is 0 Å². The van der Waals surface area contributed by atoms with Crippen LogP contribution in [0.25, 0.3) is 0 Å². The van der Waals surface area contributed by atoms with Gasteiger partial charge in [-0.3, -0.25) is 0 Å². The van der Waals surface area contributed by atoms with Crippen molar-refractivity contribution in [3.05, 3.63) is 35.4 Å². The highest BCUT2D eigenvalue weighted by Gasteiger charge is 2.62. The summed E-state index contributed by atoms with van der Waals surface area (Å²) >= 11 is 0. The number of benzene rings is 1. The molecule has 0 aliphatic heterocycles. The summed E-state index contributed by atoms with van der Waals surface area (Å²) in [6.07, 6.45) is 6.69. The fourth-order valence-corrected chi connectivity index (χ4v) is 6.29. The second-order valence-electron chi connectivity index (χ2n) is 8.71. The molecule has 3 unspecified atom stereocenters. The van der Waals surface area contributed by atoms with Crippen LogP contribution >= 0.6 is 0 Å². The zero-order valence-electron chi connectivity index (χ0n) is 13.6. The molecule has 1 aromatic carbocycles. The van der Waals surface area contributed by atoms with E-state index in [1.807, 2.05) is 0 Å². The van der Waals surface area contributed by atoms with Crippen molar-refractivity contribution in [1.82, 2.24) is 0 Å². The van der Waals surface area contributed by atoms with Crippen molar-refractivity contribution < 1.29 is 5.11 Å². The van der Waals surface area contributed by atoms with Gasteiger partial charge in [-0.05, 0) is 82.1 Å². The van der Waals surface area contributed by atoms with E-state index in [1.54, 1.807) is 0 Å². The van der Waals surface area contributed by atoms with E-state index in [-0.39, 0.29) is 5.41 Å². The molecule has 0 saturated heterocycles. The molecule has 0 heterocycles. The lowest BCUT2D eigenvalue weighted by atomic mass is 9.40. The maximum atomic E-state index is 11.1. The van der Waals surface area contributed by atoms with Crippen LogP contribution in [-0.4, -0.2) is 10.7 Å². The molecule has 0 aromatic heterocycles. The molecule has 4 bridgehead atoms. The van der Waals surface area contributed by atoms with Gasteiger partial charge < -0.3 is 5.11 Å². The third kappa shape index (κ3) is 1.93. The Labute approximate surface area is 128 Å². The largest absolute Gasteiger partial charge is 0.390 e. The first-order valence-corrected chi connectivity index (χ1v) is 8.68. The number of aryl methyl sites for hydroxylation is 1. The van der Waals surface area contributed by atoms with Gasteiger partial charge in [0.05, 0.1) is 5.60 Å². The Morgan fingerprint density at radius 3 is 2.10 bits per heavy atom. The van der Waals surface area contributed by atoms with Gasteiger partial charge in [0.2, 0.25) is 0 Å². The second kappa shape index (κ2) is 4.35. The topological polar surface area (TPSA) is 20.2 Å². The molecular formula is C20H28O. The molecule has 114 valence electrons. The van der Waals surface area contributed by atoms with Crippen LogP contribution in [0.3, 0.4) is 0 Å². The predicted octanol–water partition coefficient (Wildman–Crippen LogP) is 4.68.